The van der Waals surface area contributed by atoms with E-state index in [0.29, 0.717) is 11.1 Å². The molecule has 0 radical (unpaired) electrons. The zero-order valence-corrected chi connectivity index (χ0v) is 10.9. The van der Waals surface area contributed by atoms with Gasteiger partial charge in [-0.05, 0) is 35.6 Å². The summed E-state index contributed by atoms with van der Waals surface area (Å²) >= 11 is 0. The first kappa shape index (κ1) is 14.8. The predicted octanol–water partition coefficient (Wildman–Crippen LogP) is 3.25. The van der Waals surface area contributed by atoms with E-state index in [-0.39, 0.29) is 23.5 Å². The van der Waals surface area contributed by atoms with E-state index in [1.807, 2.05) is 0 Å². The normalized spacial score (nSPS) is 19.6. The molecule has 0 aliphatic heterocycles. The molecule has 1 aromatic rings. The highest BCUT2D eigenvalue weighted by atomic mass is 19.1. The molecule has 108 valence electrons. The first-order valence-electron chi connectivity index (χ1n) is 6.25. The van der Waals surface area contributed by atoms with Crippen LogP contribution in [0.2, 0.25) is 0 Å². The summed E-state index contributed by atoms with van der Waals surface area (Å²) in [4.78, 5) is 0. The minimum atomic E-state index is -1.86. The largest absolute Gasteiger partial charge is 0.364 e. The molecule has 0 heterocycles. The molecule has 5 heteroatoms. The van der Waals surface area contributed by atoms with E-state index >= 15 is 0 Å². The lowest BCUT2D eigenvalue weighted by atomic mass is 9.82. The van der Waals surface area contributed by atoms with E-state index in [1.54, 1.807) is 6.92 Å². The van der Waals surface area contributed by atoms with E-state index in [2.05, 4.69) is 0 Å². The third-order valence-corrected chi connectivity index (χ3v) is 3.52. The Hall–Kier alpha value is -1.59. The number of rotatable bonds is 3. The maximum Gasteiger partial charge on any atom is 0.177 e. The van der Waals surface area contributed by atoms with Gasteiger partial charge in [0.1, 0.15) is 18.3 Å². The van der Waals surface area contributed by atoms with Crippen molar-refractivity contribution in [3.8, 4) is 0 Å². The molecule has 2 N–H and O–H groups in total. The maximum absolute atomic E-state index is 13.8. The number of aliphatic hydroxyl groups is 2. The van der Waals surface area contributed by atoms with Gasteiger partial charge in [-0.25, -0.2) is 13.2 Å². The van der Waals surface area contributed by atoms with Crippen molar-refractivity contribution in [2.24, 2.45) is 5.92 Å². The van der Waals surface area contributed by atoms with E-state index in [9.17, 15) is 13.2 Å². The lowest BCUT2D eigenvalue weighted by Gasteiger charge is -2.25. The Balaban J connectivity index is 2.53. The summed E-state index contributed by atoms with van der Waals surface area (Å²) < 4.78 is 40.4. The van der Waals surface area contributed by atoms with Gasteiger partial charge in [-0.1, -0.05) is 19.1 Å². The molecule has 20 heavy (non-hydrogen) atoms. The zero-order valence-electron chi connectivity index (χ0n) is 10.9. The van der Waals surface area contributed by atoms with Gasteiger partial charge in [0.15, 0.2) is 6.29 Å². The first-order valence-corrected chi connectivity index (χ1v) is 6.25. The molecule has 0 aromatic heterocycles. The van der Waals surface area contributed by atoms with Gasteiger partial charge in [0, 0.05) is 11.1 Å². The monoisotopic (exact) mass is 284 g/mol. The highest BCUT2D eigenvalue weighted by molar-refractivity contribution is 5.73. The minimum absolute atomic E-state index is 0.0948. The fraction of sp³-hybridized carbons (Fsp3) is 0.333. The molecule has 1 aliphatic carbocycles. The van der Waals surface area contributed by atoms with Crippen LogP contribution in [0.3, 0.4) is 0 Å². The van der Waals surface area contributed by atoms with Gasteiger partial charge in [0.25, 0.3) is 0 Å². The van der Waals surface area contributed by atoms with Gasteiger partial charge >= 0.3 is 0 Å². The summed E-state index contributed by atoms with van der Waals surface area (Å²) in [5, 5.41) is 18.2. The van der Waals surface area contributed by atoms with E-state index < -0.39 is 24.6 Å². The van der Waals surface area contributed by atoms with Crippen molar-refractivity contribution in [3.63, 3.8) is 0 Å². The van der Waals surface area contributed by atoms with Gasteiger partial charge in [-0.3, -0.25) is 0 Å². The second-order valence-corrected chi connectivity index (χ2v) is 4.85. The summed E-state index contributed by atoms with van der Waals surface area (Å²) in [5.74, 6) is -1.70. The summed E-state index contributed by atoms with van der Waals surface area (Å²) in [6.07, 6.45) is -0.641. The molecule has 0 saturated heterocycles. The Morgan fingerprint density at radius 2 is 2.00 bits per heavy atom. The lowest BCUT2D eigenvalue weighted by Crippen LogP contribution is -2.17. The number of aliphatic hydroxyl groups excluding tert-OH is 1. The van der Waals surface area contributed by atoms with Crippen LogP contribution in [0.15, 0.2) is 35.7 Å². The average Bonchev–Trinajstić information content (AvgIpc) is 2.40. The van der Waals surface area contributed by atoms with Crippen LogP contribution < -0.4 is 0 Å². The van der Waals surface area contributed by atoms with Crippen LogP contribution in [-0.4, -0.2) is 16.5 Å². The smallest absolute Gasteiger partial charge is 0.177 e. The Kier molecular flexibility index (Phi) is 4.30. The molecule has 1 unspecified atom stereocenters. The van der Waals surface area contributed by atoms with Crippen LogP contribution in [0.1, 0.15) is 24.5 Å². The third kappa shape index (κ3) is 2.64. The molecule has 1 aliphatic rings. The van der Waals surface area contributed by atoms with Crippen LogP contribution in [0, 0.1) is 11.7 Å². The van der Waals surface area contributed by atoms with Crippen LogP contribution in [-0.2, 0) is 6.67 Å². The topological polar surface area (TPSA) is 40.5 Å². The third-order valence-electron chi connectivity index (χ3n) is 3.52. The molecule has 2 nitrogen and oxygen atoms in total. The van der Waals surface area contributed by atoms with Crippen molar-refractivity contribution in [1.82, 2.24) is 0 Å². The second-order valence-electron chi connectivity index (χ2n) is 4.85. The number of alkyl halides is 1. The molecule has 1 atom stereocenters. The molecule has 0 saturated carbocycles. The van der Waals surface area contributed by atoms with Gasteiger partial charge in [-0.2, -0.15) is 0 Å². The lowest BCUT2D eigenvalue weighted by molar-refractivity contribution is -0.0130. The summed E-state index contributed by atoms with van der Waals surface area (Å²) in [7, 11) is 0. The number of hydrogen-bond acceptors (Lipinski definition) is 2. The summed E-state index contributed by atoms with van der Waals surface area (Å²) in [6, 6.07) is 4.13. The number of halogens is 3. The molecule has 0 spiro atoms. The summed E-state index contributed by atoms with van der Waals surface area (Å²) in [6.45, 7) is 0.764. The fourth-order valence-corrected chi connectivity index (χ4v) is 2.45. The maximum atomic E-state index is 13.8. The molecule has 0 bridgehead atoms. The second kappa shape index (κ2) is 5.81. The predicted molar refractivity (Wildman–Crippen MR) is 69.3 cm³/mol. The van der Waals surface area contributed by atoms with Crippen molar-refractivity contribution < 1.29 is 23.4 Å². The molecule has 0 fully saturated rings. The minimum Gasteiger partial charge on any atom is -0.364 e. The van der Waals surface area contributed by atoms with Crippen molar-refractivity contribution in [2.45, 2.75) is 26.3 Å². The summed E-state index contributed by atoms with van der Waals surface area (Å²) in [5.41, 5.74) is 0.562. The zero-order chi connectivity index (χ0) is 14.9. The van der Waals surface area contributed by atoms with E-state index in [4.69, 9.17) is 10.2 Å². The van der Waals surface area contributed by atoms with Crippen LogP contribution in [0.25, 0.3) is 5.57 Å². The van der Waals surface area contributed by atoms with Crippen LogP contribution >= 0.6 is 0 Å². The highest BCUT2D eigenvalue weighted by Crippen LogP contribution is 2.38. The number of allylic oxidation sites excluding steroid dienone is 3. The first-order chi connectivity index (χ1) is 9.45. The van der Waals surface area contributed by atoms with Crippen molar-refractivity contribution >= 4 is 5.57 Å². The van der Waals surface area contributed by atoms with Crippen molar-refractivity contribution in [2.75, 3.05) is 0 Å². The van der Waals surface area contributed by atoms with E-state index in [1.165, 1.54) is 12.1 Å². The molecular formula is C15H15F3O2. The van der Waals surface area contributed by atoms with Gasteiger partial charge in [0.2, 0.25) is 0 Å². The Morgan fingerprint density at radius 3 is 2.60 bits per heavy atom. The Labute approximate surface area is 114 Å². The quantitative estimate of drug-likeness (QED) is 0.836. The van der Waals surface area contributed by atoms with Gasteiger partial charge in [0.05, 0.1) is 0 Å². The molecule has 0 amide bonds. The van der Waals surface area contributed by atoms with Crippen LogP contribution in [0.4, 0.5) is 13.2 Å². The average molecular weight is 284 g/mol. The fourth-order valence-electron chi connectivity index (χ4n) is 2.45. The highest BCUT2D eigenvalue weighted by Gasteiger charge is 2.26. The standard InChI is InChI=1S/C15H15F3O2/c1-8-5-11(15(19)20)14(18)6-10(8)9-3-2-4-13(17)12(9)7-16/h2-4,6,8,15,19-20H,5,7H2,1H3. The van der Waals surface area contributed by atoms with Gasteiger partial charge in [-0.15, -0.1) is 0 Å². The van der Waals surface area contributed by atoms with Crippen LogP contribution in [0.5, 0.6) is 0 Å². The number of benzene rings is 1. The Morgan fingerprint density at radius 1 is 1.30 bits per heavy atom. The molecule has 1 aromatic carbocycles. The van der Waals surface area contributed by atoms with E-state index in [0.717, 1.165) is 12.1 Å². The molecule has 2 rings (SSSR count). The van der Waals surface area contributed by atoms with Crippen molar-refractivity contribution in [1.29, 1.82) is 0 Å². The van der Waals surface area contributed by atoms with Gasteiger partial charge < -0.3 is 10.2 Å². The molecular weight excluding hydrogens is 269 g/mol. The SMILES string of the molecule is CC1CC(C(O)O)=C(F)C=C1c1cccc(F)c1CF. The van der Waals surface area contributed by atoms with Crippen molar-refractivity contribution in [3.05, 3.63) is 52.6 Å². The number of hydrogen-bond donors (Lipinski definition) is 2. The Bertz CT molecular complexity index is 576.